The Bertz CT molecular complexity index is 282. The van der Waals surface area contributed by atoms with Crippen molar-refractivity contribution in [1.29, 1.82) is 0 Å². The molecule has 4 heteroatoms. The zero-order valence-corrected chi connectivity index (χ0v) is 8.54. The highest BCUT2D eigenvalue weighted by atomic mass is 16.5. The molecule has 0 amide bonds. The van der Waals surface area contributed by atoms with Gasteiger partial charge in [0.05, 0.1) is 13.2 Å². The Morgan fingerprint density at radius 1 is 0.929 bits per heavy atom. The van der Waals surface area contributed by atoms with Gasteiger partial charge in [-0.2, -0.15) is 0 Å². The second-order valence-corrected chi connectivity index (χ2v) is 3.07. The second kappa shape index (κ2) is 4.83. The molecule has 0 radical (unpaired) electrons. The molecule has 4 N–H and O–H groups in total. The molecule has 4 nitrogen and oxygen atoms in total. The maximum Gasteiger partial charge on any atom is 0.0737 e. The smallest absolute Gasteiger partial charge is 0.0737 e. The van der Waals surface area contributed by atoms with E-state index in [2.05, 4.69) is 0 Å². The van der Waals surface area contributed by atoms with E-state index in [0.29, 0.717) is 24.6 Å². The van der Waals surface area contributed by atoms with Gasteiger partial charge in [-0.1, -0.05) is 0 Å². The minimum Gasteiger partial charge on any atom is -0.398 e. The van der Waals surface area contributed by atoms with Crippen molar-refractivity contribution in [1.82, 2.24) is 0 Å². The number of rotatable bonds is 4. The van der Waals surface area contributed by atoms with Crippen molar-refractivity contribution in [2.75, 3.05) is 25.7 Å². The van der Waals surface area contributed by atoms with E-state index < -0.39 is 0 Å². The number of hydrogen-bond donors (Lipinski definition) is 2. The Hall–Kier alpha value is -1.26. The van der Waals surface area contributed by atoms with Crippen LogP contribution in [0.15, 0.2) is 12.1 Å². The van der Waals surface area contributed by atoms with E-state index in [-0.39, 0.29) is 0 Å². The van der Waals surface area contributed by atoms with Crippen molar-refractivity contribution in [2.45, 2.75) is 13.2 Å². The van der Waals surface area contributed by atoms with Crippen LogP contribution in [0.4, 0.5) is 11.4 Å². The van der Waals surface area contributed by atoms with Gasteiger partial charge in [0.1, 0.15) is 0 Å². The molecule has 0 bridgehead atoms. The SMILES string of the molecule is COCc1c(N)ccc(N)c1COC. The van der Waals surface area contributed by atoms with E-state index >= 15 is 0 Å². The summed E-state index contributed by atoms with van der Waals surface area (Å²) in [5.41, 5.74) is 14.8. The third-order valence-electron chi connectivity index (χ3n) is 2.08. The molecule has 0 fully saturated rings. The number of nitrogen functional groups attached to an aromatic ring is 2. The summed E-state index contributed by atoms with van der Waals surface area (Å²) in [4.78, 5) is 0. The van der Waals surface area contributed by atoms with E-state index in [0.717, 1.165) is 11.1 Å². The van der Waals surface area contributed by atoms with Crippen molar-refractivity contribution < 1.29 is 9.47 Å². The number of ether oxygens (including phenoxy) is 2. The average Bonchev–Trinajstić information content (AvgIpc) is 2.17. The maximum absolute atomic E-state index is 5.82. The summed E-state index contributed by atoms with van der Waals surface area (Å²) in [7, 11) is 3.25. The summed E-state index contributed by atoms with van der Waals surface area (Å²) in [6, 6.07) is 3.56. The van der Waals surface area contributed by atoms with Crippen molar-refractivity contribution in [3.05, 3.63) is 23.3 Å². The van der Waals surface area contributed by atoms with Gasteiger partial charge >= 0.3 is 0 Å². The molecule has 1 rings (SSSR count). The minimum atomic E-state index is 0.454. The Labute approximate surface area is 83.8 Å². The number of anilines is 2. The van der Waals surface area contributed by atoms with Crippen molar-refractivity contribution in [3.63, 3.8) is 0 Å². The highest BCUT2D eigenvalue weighted by molar-refractivity contribution is 5.61. The van der Waals surface area contributed by atoms with E-state index in [1.165, 1.54) is 0 Å². The van der Waals surface area contributed by atoms with Crippen LogP contribution >= 0.6 is 0 Å². The molecule has 0 spiro atoms. The largest absolute Gasteiger partial charge is 0.398 e. The van der Waals surface area contributed by atoms with Crippen molar-refractivity contribution >= 4 is 11.4 Å². The van der Waals surface area contributed by atoms with Crippen LogP contribution in [0.1, 0.15) is 11.1 Å². The van der Waals surface area contributed by atoms with Crippen molar-refractivity contribution in [2.24, 2.45) is 0 Å². The lowest BCUT2D eigenvalue weighted by molar-refractivity contribution is 0.169. The van der Waals surface area contributed by atoms with Crippen LogP contribution in [0.25, 0.3) is 0 Å². The summed E-state index contributed by atoms with van der Waals surface area (Å²) in [5.74, 6) is 0. The lowest BCUT2D eigenvalue weighted by atomic mass is 10.0. The molecule has 0 unspecified atom stereocenters. The molecule has 0 aliphatic heterocycles. The van der Waals surface area contributed by atoms with Gasteiger partial charge in [0.2, 0.25) is 0 Å². The monoisotopic (exact) mass is 196 g/mol. The molecule has 0 saturated carbocycles. The summed E-state index contributed by atoms with van der Waals surface area (Å²) < 4.78 is 10.1. The lowest BCUT2D eigenvalue weighted by Gasteiger charge is -2.13. The van der Waals surface area contributed by atoms with Gasteiger partial charge in [-0.3, -0.25) is 0 Å². The van der Waals surface area contributed by atoms with Crippen molar-refractivity contribution in [3.8, 4) is 0 Å². The first-order chi connectivity index (χ1) is 6.70. The molecular weight excluding hydrogens is 180 g/mol. The number of benzene rings is 1. The van der Waals surface area contributed by atoms with Crippen LogP contribution in [-0.2, 0) is 22.7 Å². The molecule has 0 saturated heterocycles. The predicted molar refractivity (Wildman–Crippen MR) is 56.7 cm³/mol. The van der Waals surface area contributed by atoms with Gasteiger partial charge < -0.3 is 20.9 Å². The summed E-state index contributed by atoms with van der Waals surface area (Å²) in [6.07, 6.45) is 0. The summed E-state index contributed by atoms with van der Waals surface area (Å²) in [6.45, 7) is 0.908. The van der Waals surface area contributed by atoms with E-state index in [1.54, 1.807) is 26.4 Å². The van der Waals surface area contributed by atoms with Crippen LogP contribution < -0.4 is 11.5 Å². The molecule has 0 heterocycles. The number of methoxy groups -OCH3 is 2. The Morgan fingerprint density at radius 3 is 1.57 bits per heavy atom. The highest BCUT2D eigenvalue weighted by Crippen LogP contribution is 2.24. The number of hydrogen-bond acceptors (Lipinski definition) is 4. The number of nitrogens with two attached hydrogens (primary N) is 2. The van der Waals surface area contributed by atoms with Gasteiger partial charge in [0.25, 0.3) is 0 Å². The van der Waals surface area contributed by atoms with E-state index in [9.17, 15) is 0 Å². The zero-order chi connectivity index (χ0) is 10.6. The van der Waals surface area contributed by atoms with Gasteiger partial charge in [-0.25, -0.2) is 0 Å². The summed E-state index contributed by atoms with van der Waals surface area (Å²) in [5, 5.41) is 0. The molecule has 14 heavy (non-hydrogen) atoms. The van der Waals surface area contributed by atoms with Gasteiger partial charge in [-0.15, -0.1) is 0 Å². The molecule has 0 atom stereocenters. The molecule has 1 aromatic rings. The Morgan fingerprint density at radius 2 is 1.29 bits per heavy atom. The molecule has 78 valence electrons. The normalized spacial score (nSPS) is 10.4. The van der Waals surface area contributed by atoms with Gasteiger partial charge in [0, 0.05) is 36.7 Å². The van der Waals surface area contributed by atoms with Crippen LogP contribution in [0, 0.1) is 0 Å². The molecule has 0 aromatic heterocycles. The first kappa shape index (κ1) is 10.8. The standard InChI is InChI=1S/C10H16N2O2/c1-13-5-7-8(6-14-2)10(12)4-3-9(7)11/h3-4H,5-6,11-12H2,1-2H3. The molecule has 0 aliphatic rings. The van der Waals surface area contributed by atoms with Crippen LogP contribution in [0.5, 0.6) is 0 Å². The van der Waals surface area contributed by atoms with E-state index in [4.69, 9.17) is 20.9 Å². The highest BCUT2D eigenvalue weighted by Gasteiger charge is 2.09. The lowest BCUT2D eigenvalue weighted by Crippen LogP contribution is -2.06. The van der Waals surface area contributed by atoms with Gasteiger partial charge in [0.15, 0.2) is 0 Å². The predicted octanol–water partition coefficient (Wildman–Crippen LogP) is 1.14. The fraction of sp³-hybridized carbons (Fsp3) is 0.400. The first-order valence-electron chi connectivity index (χ1n) is 4.34. The Kier molecular flexibility index (Phi) is 3.73. The maximum atomic E-state index is 5.82. The minimum absolute atomic E-state index is 0.454. The van der Waals surface area contributed by atoms with E-state index in [1.807, 2.05) is 0 Å². The van der Waals surface area contributed by atoms with Crippen LogP contribution in [-0.4, -0.2) is 14.2 Å². The fourth-order valence-corrected chi connectivity index (χ4v) is 1.36. The third-order valence-corrected chi connectivity index (χ3v) is 2.08. The second-order valence-electron chi connectivity index (χ2n) is 3.07. The van der Waals surface area contributed by atoms with Gasteiger partial charge in [-0.05, 0) is 12.1 Å². The quantitative estimate of drug-likeness (QED) is 0.708. The van der Waals surface area contributed by atoms with Crippen LogP contribution in [0.2, 0.25) is 0 Å². The third kappa shape index (κ3) is 2.16. The fourth-order valence-electron chi connectivity index (χ4n) is 1.36. The first-order valence-corrected chi connectivity index (χ1v) is 4.34. The van der Waals surface area contributed by atoms with Crippen LogP contribution in [0.3, 0.4) is 0 Å². The molecular formula is C10H16N2O2. The topological polar surface area (TPSA) is 70.5 Å². The average molecular weight is 196 g/mol. The molecule has 1 aromatic carbocycles. The zero-order valence-electron chi connectivity index (χ0n) is 8.54. The Balaban J connectivity index is 3.12. The summed E-state index contributed by atoms with van der Waals surface area (Å²) >= 11 is 0. The molecule has 0 aliphatic carbocycles.